The summed E-state index contributed by atoms with van der Waals surface area (Å²) in [5, 5.41) is 0. The van der Waals surface area contributed by atoms with Crippen molar-refractivity contribution in [3.05, 3.63) is 41.0 Å². The summed E-state index contributed by atoms with van der Waals surface area (Å²) in [6.07, 6.45) is 2.74. The van der Waals surface area contributed by atoms with Crippen LogP contribution in [0.25, 0.3) is 6.08 Å². The van der Waals surface area contributed by atoms with Gasteiger partial charge < -0.3 is 4.90 Å². The fourth-order valence-electron chi connectivity index (χ4n) is 2.52. The molecule has 21 heavy (non-hydrogen) atoms. The van der Waals surface area contributed by atoms with Gasteiger partial charge >= 0.3 is 6.05 Å². The Morgan fingerprint density at radius 3 is 2.43 bits per heavy atom. The number of hydrogen-bond acceptors (Lipinski definition) is 2. The molecule has 1 aromatic carbocycles. The van der Waals surface area contributed by atoms with Crippen molar-refractivity contribution in [3.8, 4) is 0 Å². The topological polar surface area (TPSA) is 6.48 Å². The predicted octanol–water partition coefficient (Wildman–Crippen LogP) is 3.80. The molecule has 4 heteroatoms. The number of hydrogen-bond donors (Lipinski definition) is 0. The summed E-state index contributed by atoms with van der Waals surface area (Å²) in [6, 6.07) is 3.92. The first-order chi connectivity index (χ1) is 9.95. The summed E-state index contributed by atoms with van der Waals surface area (Å²) in [5.41, 5.74) is 1.85. The summed E-state index contributed by atoms with van der Waals surface area (Å²) >= 11 is 0. The van der Waals surface area contributed by atoms with E-state index in [0.717, 1.165) is 12.0 Å². The molecule has 0 bridgehead atoms. The van der Waals surface area contributed by atoms with Crippen molar-refractivity contribution in [2.75, 3.05) is 33.2 Å². The lowest BCUT2D eigenvalue weighted by Crippen LogP contribution is -2.51. The van der Waals surface area contributed by atoms with Crippen molar-refractivity contribution >= 4 is 6.08 Å². The second-order valence-corrected chi connectivity index (χ2v) is 5.76. The standard InChI is InChI=1S/C17H24F2N2/c1-4-14(2)13-15-7-5-6-8-16(15)17(18,19)21-11-9-20(3)10-12-21/h5-8,13H,4,9-12H2,1-3H3/b14-13+. The smallest absolute Gasteiger partial charge is 0.304 e. The van der Waals surface area contributed by atoms with Crippen LogP contribution in [0.15, 0.2) is 29.8 Å². The van der Waals surface area contributed by atoms with E-state index in [1.165, 1.54) is 4.90 Å². The molecular weight excluding hydrogens is 270 g/mol. The second-order valence-electron chi connectivity index (χ2n) is 5.76. The summed E-state index contributed by atoms with van der Waals surface area (Å²) in [5.74, 6) is 0. The van der Waals surface area contributed by atoms with Gasteiger partial charge in [-0.1, -0.05) is 42.8 Å². The van der Waals surface area contributed by atoms with Crippen molar-refractivity contribution in [2.24, 2.45) is 0 Å². The molecular formula is C17H24F2N2. The first-order valence-electron chi connectivity index (χ1n) is 7.53. The Hall–Kier alpha value is -1.26. The molecule has 0 atom stereocenters. The van der Waals surface area contributed by atoms with Crippen molar-refractivity contribution in [1.82, 2.24) is 9.80 Å². The highest BCUT2D eigenvalue weighted by Gasteiger charge is 2.41. The average Bonchev–Trinajstić information content (AvgIpc) is 2.48. The largest absolute Gasteiger partial charge is 0.332 e. The SMILES string of the molecule is CC/C(C)=C/c1ccccc1C(F)(F)N1CCN(C)CC1. The van der Waals surface area contributed by atoms with E-state index in [1.54, 1.807) is 18.2 Å². The number of nitrogens with zero attached hydrogens (tertiary/aromatic N) is 2. The van der Waals surface area contributed by atoms with Crippen LogP contribution in [0.3, 0.4) is 0 Å². The van der Waals surface area contributed by atoms with E-state index in [1.807, 2.05) is 33.0 Å². The molecule has 1 heterocycles. The molecule has 1 saturated heterocycles. The van der Waals surface area contributed by atoms with Gasteiger partial charge in [-0.25, -0.2) is 4.90 Å². The second kappa shape index (κ2) is 6.67. The number of allylic oxidation sites excluding steroid dienone is 1. The lowest BCUT2D eigenvalue weighted by molar-refractivity contribution is -0.166. The molecule has 2 nitrogen and oxygen atoms in total. The van der Waals surface area contributed by atoms with Crippen LogP contribution < -0.4 is 0 Å². The molecule has 2 rings (SSSR count). The molecule has 0 spiro atoms. The van der Waals surface area contributed by atoms with Gasteiger partial charge in [-0.2, -0.15) is 8.78 Å². The first kappa shape index (κ1) is 16.1. The third-order valence-electron chi connectivity index (χ3n) is 4.14. The molecule has 116 valence electrons. The van der Waals surface area contributed by atoms with Crippen LogP contribution in [-0.4, -0.2) is 43.0 Å². The minimum absolute atomic E-state index is 0.113. The molecule has 0 aromatic heterocycles. The van der Waals surface area contributed by atoms with Gasteiger partial charge in [0.15, 0.2) is 0 Å². The Morgan fingerprint density at radius 1 is 1.19 bits per heavy atom. The number of rotatable bonds is 4. The Kier molecular flexibility index (Phi) is 5.12. The fraction of sp³-hybridized carbons (Fsp3) is 0.529. The van der Waals surface area contributed by atoms with E-state index in [9.17, 15) is 8.78 Å². The molecule has 1 aliphatic rings. The van der Waals surface area contributed by atoms with E-state index < -0.39 is 6.05 Å². The van der Waals surface area contributed by atoms with Gasteiger partial charge in [-0.15, -0.1) is 0 Å². The van der Waals surface area contributed by atoms with Crippen LogP contribution in [0, 0.1) is 0 Å². The van der Waals surface area contributed by atoms with Crippen LogP contribution in [0.5, 0.6) is 0 Å². The Bertz CT molecular complexity index is 503. The van der Waals surface area contributed by atoms with Crippen molar-refractivity contribution < 1.29 is 8.78 Å². The molecule has 0 radical (unpaired) electrons. The van der Waals surface area contributed by atoms with Crippen LogP contribution in [0.1, 0.15) is 31.4 Å². The maximum Gasteiger partial charge on any atom is 0.332 e. The van der Waals surface area contributed by atoms with Crippen LogP contribution in [-0.2, 0) is 6.05 Å². The van der Waals surface area contributed by atoms with Crippen LogP contribution in [0.2, 0.25) is 0 Å². The average molecular weight is 294 g/mol. The molecule has 0 unspecified atom stereocenters. The molecule has 1 fully saturated rings. The molecule has 0 N–H and O–H groups in total. The van der Waals surface area contributed by atoms with Gasteiger partial charge in [0.2, 0.25) is 0 Å². The maximum absolute atomic E-state index is 14.9. The van der Waals surface area contributed by atoms with Gasteiger partial charge in [-0.3, -0.25) is 0 Å². The zero-order valence-electron chi connectivity index (χ0n) is 13.1. The van der Waals surface area contributed by atoms with Crippen molar-refractivity contribution in [1.29, 1.82) is 0 Å². The van der Waals surface area contributed by atoms with E-state index in [-0.39, 0.29) is 5.56 Å². The quantitative estimate of drug-likeness (QED) is 0.779. The number of piperazine rings is 1. The maximum atomic E-state index is 14.9. The third kappa shape index (κ3) is 3.69. The molecule has 0 aliphatic carbocycles. The summed E-state index contributed by atoms with van der Waals surface area (Å²) < 4.78 is 29.7. The van der Waals surface area contributed by atoms with Crippen LogP contribution >= 0.6 is 0 Å². The molecule has 0 amide bonds. The minimum Gasteiger partial charge on any atom is -0.304 e. The monoisotopic (exact) mass is 294 g/mol. The van der Waals surface area contributed by atoms with E-state index >= 15 is 0 Å². The van der Waals surface area contributed by atoms with Crippen LogP contribution in [0.4, 0.5) is 8.78 Å². The van der Waals surface area contributed by atoms with Gasteiger partial charge in [-0.05, 0) is 26.0 Å². The Morgan fingerprint density at radius 2 is 1.81 bits per heavy atom. The van der Waals surface area contributed by atoms with Crippen molar-refractivity contribution in [3.63, 3.8) is 0 Å². The van der Waals surface area contributed by atoms with Gasteiger partial charge in [0.1, 0.15) is 0 Å². The van der Waals surface area contributed by atoms with Gasteiger partial charge in [0, 0.05) is 31.7 Å². The zero-order valence-corrected chi connectivity index (χ0v) is 13.1. The summed E-state index contributed by atoms with van der Waals surface area (Å²) in [6.45, 7) is 6.17. The fourth-order valence-corrected chi connectivity index (χ4v) is 2.52. The van der Waals surface area contributed by atoms with Gasteiger partial charge in [0.25, 0.3) is 0 Å². The highest BCUT2D eigenvalue weighted by Crippen LogP contribution is 2.35. The predicted molar refractivity (Wildman–Crippen MR) is 83.3 cm³/mol. The normalized spacial score (nSPS) is 19.0. The Balaban J connectivity index is 2.31. The van der Waals surface area contributed by atoms with E-state index in [4.69, 9.17) is 0 Å². The number of benzene rings is 1. The molecule has 1 aliphatic heterocycles. The highest BCUT2D eigenvalue weighted by atomic mass is 19.3. The number of alkyl halides is 2. The summed E-state index contributed by atoms with van der Waals surface area (Å²) in [7, 11) is 1.97. The van der Waals surface area contributed by atoms with Crippen molar-refractivity contribution in [2.45, 2.75) is 26.3 Å². The molecule has 1 aromatic rings. The zero-order chi connectivity index (χ0) is 15.5. The summed E-state index contributed by atoms with van der Waals surface area (Å²) in [4.78, 5) is 3.38. The lowest BCUT2D eigenvalue weighted by atomic mass is 10.0. The van der Waals surface area contributed by atoms with E-state index in [0.29, 0.717) is 31.7 Å². The highest BCUT2D eigenvalue weighted by molar-refractivity contribution is 5.57. The number of halogens is 2. The first-order valence-corrected chi connectivity index (χ1v) is 7.53. The lowest BCUT2D eigenvalue weighted by Gasteiger charge is -2.38. The van der Waals surface area contributed by atoms with E-state index in [2.05, 4.69) is 4.90 Å². The molecule has 0 saturated carbocycles. The third-order valence-corrected chi connectivity index (χ3v) is 4.14. The Labute approximate surface area is 126 Å². The minimum atomic E-state index is -2.91. The number of likely N-dealkylation sites (N-methyl/N-ethyl adjacent to an activating group) is 1. The van der Waals surface area contributed by atoms with Gasteiger partial charge in [0.05, 0.1) is 0 Å².